The van der Waals surface area contributed by atoms with E-state index in [9.17, 15) is 18.0 Å². The van der Waals surface area contributed by atoms with E-state index in [1.54, 1.807) is 4.72 Å². The molecule has 0 spiro atoms. The van der Waals surface area contributed by atoms with Crippen molar-refractivity contribution in [2.75, 3.05) is 33.8 Å². The molecular weight excluding hydrogens is 264 g/mol. The molecule has 1 fully saturated rings. The average Bonchev–Trinajstić information content (AvgIpc) is 2.37. The van der Waals surface area contributed by atoms with Crippen LogP contribution in [0, 0.1) is 0 Å². The van der Waals surface area contributed by atoms with Crippen LogP contribution in [-0.2, 0) is 19.7 Å². The first-order valence-corrected chi connectivity index (χ1v) is 6.66. The molecule has 0 aliphatic carbocycles. The fourth-order valence-electron chi connectivity index (χ4n) is 1.57. The number of ether oxygens (including phenoxy) is 1. The van der Waals surface area contributed by atoms with Gasteiger partial charge < -0.3 is 15.4 Å². The predicted octanol–water partition coefficient (Wildman–Crippen LogP) is -2.39. The number of hydrogen-bond donors (Lipinski definition) is 3. The Kier molecular flexibility index (Phi) is 4.87. The fraction of sp³-hybridized carbons (Fsp3) is 0.750. The van der Waals surface area contributed by atoms with Gasteiger partial charge in [0, 0.05) is 26.7 Å². The van der Waals surface area contributed by atoms with Gasteiger partial charge in [0.2, 0.25) is 5.91 Å². The van der Waals surface area contributed by atoms with Crippen LogP contribution < -0.4 is 15.4 Å². The smallest absolute Gasteiger partial charge is 0.421 e. The summed E-state index contributed by atoms with van der Waals surface area (Å²) >= 11 is 0. The number of hydrogen-bond acceptors (Lipinski definition) is 6. The van der Waals surface area contributed by atoms with E-state index in [0.717, 1.165) is 11.4 Å². The Morgan fingerprint density at radius 3 is 2.67 bits per heavy atom. The lowest BCUT2D eigenvalue weighted by atomic mass is 10.2. The predicted molar refractivity (Wildman–Crippen MR) is 61.9 cm³/mol. The van der Waals surface area contributed by atoms with Crippen molar-refractivity contribution in [1.82, 2.24) is 19.7 Å². The third-order valence-corrected chi connectivity index (χ3v) is 3.93. The summed E-state index contributed by atoms with van der Waals surface area (Å²) in [4.78, 5) is 22.5. The van der Waals surface area contributed by atoms with Crippen molar-refractivity contribution in [3.8, 4) is 0 Å². The van der Waals surface area contributed by atoms with Crippen LogP contribution in [0.5, 0.6) is 0 Å². The second-order valence-electron chi connectivity index (χ2n) is 3.54. The zero-order chi connectivity index (χ0) is 13.8. The van der Waals surface area contributed by atoms with Crippen molar-refractivity contribution in [3.05, 3.63) is 0 Å². The van der Waals surface area contributed by atoms with Crippen LogP contribution in [0.2, 0.25) is 0 Å². The molecule has 1 heterocycles. The molecule has 1 aliphatic rings. The SMILES string of the molecule is CNC(=O)C1CNCCN1S(=O)(=O)NC(=O)OC. The Bertz CT molecular complexity index is 423. The Labute approximate surface area is 105 Å². The highest BCUT2D eigenvalue weighted by molar-refractivity contribution is 7.87. The summed E-state index contributed by atoms with van der Waals surface area (Å²) in [6, 6.07) is -0.897. The maximum Gasteiger partial charge on any atom is 0.421 e. The fourth-order valence-corrected chi connectivity index (χ4v) is 2.82. The lowest BCUT2D eigenvalue weighted by Crippen LogP contribution is -2.61. The van der Waals surface area contributed by atoms with Crippen molar-refractivity contribution >= 4 is 22.2 Å². The first-order chi connectivity index (χ1) is 8.42. The van der Waals surface area contributed by atoms with Gasteiger partial charge in [0.15, 0.2) is 0 Å². The summed E-state index contributed by atoms with van der Waals surface area (Å²) in [6.45, 7) is 0.668. The molecule has 1 rings (SSSR count). The highest BCUT2D eigenvalue weighted by Crippen LogP contribution is 2.08. The molecule has 1 saturated heterocycles. The topological polar surface area (TPSA) is 117 Å². The first-order valence-electron chi connectivity index (χ1n) is 5.22. The summed E-state index contributed by atoms with van der Waals surface area (Å²) in [5, 5.41) is 5.28. The van der Waals surface area contributed by atoms with E-state index in [2.05, 4.69) is 15.4 Å². The molecule has 0 aromatic rings. The average molecular weight is 280 g/mol. The van der Waals surface area contributed by atoms with Gasteiger partial charge >= 0.3 is 16.3 Å². The number of methoxy groups -OCH3 is 1. The summed E-state index contributed by atoms with van der Waals surface area (Å²) in [5.74, 6) is -0.447. The quantitative estimate of drug-likeness (QED) is 0.531. The van der Waals surface area contributed by atoms with Crippen molar-refractivity contribution in [2.45, 2.75) is 6.04 Å². The monoisotopic (exact) mass is 280 g/mol. The normalized spacial score (nSPS) is 21.1. The van der Waals surface area contributed by atoms with E-state index in [1.807, 2.05) is 0 Å². The minimum Gasteiger partial charge on any atom is -0.452 e. The molecule has 2 amide bonds. The molecule has 3 N–H and O–H groups in total. The van der Waals surface area contributed by atoms with Crippen molar-refractivity contribution < 1.29 is 22.7 Å². The van der Waals surface area contributed by atoms with Gasteiger partial charge in [-0.05, 0) is 0 Å². The van der Waals surface area contributed by atoms with E-state index < -0.39 is 28.3 Å². The number of amides is 2. The molecule has 104 valence electrons. The Balaban J connectivity index is 2.89. The summed E-state index contributed by atoms with van der Waals surface area (Å²) in [6.07, 6.45) is -1.09. The van der Waals surface area contributed by atoms with E-state index in [0.29, 0.717) is 6.54 Å². The molecule has 1 atom stereocenters. The lowest BCUT2D eigenvalue weighted by Gasteiger charge is -2.33. The third kappa shape index (κ3) is 3.31. The van der Waals surface area contributed by atoms with Crippen LogP contribution in [0.1, 0.15) is 0 Å². The molecular formula is C8H16N4O5S. The molecule has 0 aromatic carbocycles. The van der Waals surface area contributed by atoms with Crippen molar-refractivity contribution in [2.24, 2.45) is 0 Å². The lowest BCUT2D eigenvalue weighted by molar-refractivity contribution is -0.124. The van der Waals surface area contributed by atoms with Gasteiger partial charge in [0.25, 0.3) is 0 Å². The van der Waals surface area contributed by atoms with Gasteiger partial charge in [0.1, 0.15) is 6.04 Å². The molecule has 10 heteroatoms. The highest BCUT2D eigenvalue weighted by atomic mass is 32.2. The van der Waals surface area contributed by atoms with E-state index in [4.69, 9.17) is 0 Å². The highest BCUT2D eigenvalue weighted by Gasteiger charge is 2.37. The van der Waals surface area contributed by atoms with Crippen molar-refractivity contribution in [1.29, 1.82) is 0 Å². The molecule has 0 radical (unpaired) electrons. The van der Waals surface area contributed by atoms with Gasteiger partial charge in [-0.2, -0.15) is 12.7 Å². The Morgan fingerprint density at radius 1 is 1.44 bits per heavy atom. The molecule has 1 aliphatic heterocycles. The van der Waals surface area contributed by atoms with E-state index in [1.165, 1.54) is 7.05 Å². The molecule has 0 bridgehead atoms. The second-order valence-corrected chi connectivity index (χ2v) is 5.17. The molecule has 18 heavy (non-hydrogen) atoms. The Morgan fingerprint density at radius 2 is 2.11 bits per heavy atom. The second kappa shape index (κ2) is 5.98. The number of likely N-dealkylation sites (N-methyl/N-ethyl adjacent to an activating group) is 1. The zero-order valence-electron chi connectivity index (χ0n) is 10.1. The van der Waals surface area contributed by atoms with Crippen LogP contribution in [-0.4, -0.2) is 64.6 Å². The standard InChI is InChI=1S/C8H16N4O5S/c1-9-7(13)6-5-10-3-4-12(6)18(15,16)11-8(14)17-2/h6,10H,3-5H2,1-2H3,(H,9,13)(H,11,14). The Hall–Kier alpha value is -1.39. The largest absolute Gasteiger partial charge is 0.452 e. The maximum absolute atomic E-state index is 11.9. The van der Waals surface area contributed by atoms with Gasteiger partial charge in [-0.3, -0.25) is 4.79 Å². The summed E-state index contributed by atoms with van der Waals surface area (Å²) in [5.41, 5.74) is 0. The molecule has 0 saturated carbocycles. The van der Waals surface area contributed by atoms with Crippen LogP contribution in [0.25, 0.3) is 0 Å². The van der Waals surface area contributed by atoms with E-state index in [-0.39, 0.29) is 13.1 Å². The van der Waals surface area contributed by atoms with Crippen LogP contribution in [0.4, 0.5) is 4.79 Å². The minimum atomic E-state index is -4.09. The van der Waals surface area contributed by atoms with Gasteiger partial charge in [-0.15, -0.1) is 0 Å². The van der Waals surface area contributed by atoms with Gasteiger partial charge in [-0.25, -0.2) is 9.52 Å². The van der Waals surface area contributed by atoms with Gasteiger partial charge in [0.05, 0.1) is 7.11 Å². The number of carbonyl (C=O) groups excluding carboxylic acids is 2. The van der Waals surface area contributed by atoms with Gasteiger partial charge in [-0.1, -0.05) is 0 Å². The first kappa shape index (κ1) is 14.7. The number of carbonyl (C=O) groups is 2. The maximum atomic E-state index is 11.9. The van der Waals surface area contributed by atoms with E-state index >= 15 is 0 Å². The van der Waals surface area contributed by atoms with Crippen LogP contribution >= 0.6 is 0 Å². The third-order valence-electron chi connectivity index (χ3n) is 2.45. The molecule has 0 aromatic heterocycles. The summed E-state index contributed by atoms with van der Waals surface area (Å²) in [7, 11) is -1.62. The number of nitrogens with one attached hydrogen (secondary N) is 3. The van der Waals surface area contributed by atoms with Crippen LogP contribution in [0.3, 0.4) is 0 Å². The van der Waals surface area contributed by atoms with Crippen LogP contribution in [0.15, 0.2) is 0 Å². The summed E-state index contributed by atoms with van der Waals surface area (Å²) < 4.78 is 30.7. The number of piperazine rings is 1. The zero-order valence-corrected chi connectivity index (χ0v) is 10.9. The number of rotatable bonds is 3. The van der Waals surface area contributed by atoms with Crippen molar-refractivity contribution in [3.63, 3.8) is 0 Å². The molecule has 1 unspecified atom stereocenters. The molecule has 9 nitrogen and oxygen atoms in total. The number of nitrogens with zero attached hydrogens (tertiary/aromatic N) is 1. The minimum absolute atomic E-state index is 0.0877.